The first-order chi connectivity index (χ1) is 6.43. The zero-order chi connectivity index (χ0) is 8.67. The van der Waals surface area contributed by atoms with Crippen LogP contribution in [0, 0.1) is 0 Å². The first kappa shape index (κ1) is 7.44. The highest BCUT2D eigenvalue weighted by atomic mass is 15.2. The van der Waals surface area contributed by atoms with E-state index in [9.17, 15) is 0 Å². The van der Waals surface area contributed by atoms with Gasteiger partial charge in [-0.05, 0) is 12.8 Å². The van der Waals surface area contributed by atoms with Gasteiger partial charge in [0.15, 0.2) is 0 Å². The van der Waals surface area contributed by atoms with Crippen LogP contribution in [-0.4, -0.2) is 20.9 Å². The van der Waals surface area contributed by atoms with E-state index in [2.05, 4.69) is 14.9 Å². The second kappa shape index (κ2) is 2.77. The maximum atomic E-state index is 4.30. The molecule has 3 nitrogen and oxygen atoms in total. The molecule has 68 valence electrons. The Bertz CT molecular complexity index is 295. The van der Waals surface area contributed by atoms with Crippen molar-refractivity contribution in [3.05, 3.63) is 23.8 Å². The number of aromatic nitrogens is 2. The summed E-state index contributed by atoms with van der Waals surface area (Å²) in [4.78, 5) is 10.9. The van der Waals surface area contributed by atoms with Crippen molar-refractivity contribution < 1.29 is 0 Å². The van der Waals surface area contributed by atoms with Gasteiger partial charge in [-0.25, -0.2) is 9.97 Å². The molecule has 1 saturated carbocycles. The molecule has 0 radical (unpaired) electrons. The topological polar surface area (TPSA) is 29.0 Å². The number of rotatable bonds is 1. The van der Waals surface area contributed by atoms with Crippen molar-refractivity contribution in [1.82, 2.24) is 14.9 Å². The van der Waals surface area contributed by atoms with Crippen LogP contribution < -0.4 is 0 Å². The second-order valence-electron chi connectivity index (χ2n) is 3.98. The van der Waals surface area contributed by atoms with Gasteiger partial charge >= 0.3 is 0 Å². The zero-order valence-corrected chi connectivity index (χ0v) is 7.61. The molecule has 0 unspecified atom stereocenters. The van der Waals surface area contributed by atoms with Crippen molar-refractivity contribution in [2.45, 2.75) is 38.4 Å². The van der Waals surface area contributed by atoms with E-state index in [-0.39, 0.29) is 0 Å². The first-order valence-electron chi connectivity index (χ1n) is 4.95. The normalized spacial score (nSPS) is 22.8. The van der Waals surface area contributed by atoms with Crippen LogP contribution in [0.4, 0.5) is 0 Å². The predicted octanol–water partition coefficient (Wildman–Crippen LogP) is 1.34. The van der Waals surface area contributed by atoms with Crippen LogP contribution in [0.1, 0.15) is 30.5 Å². The smallest absolute Gasteiger partial charge is 0.115 e. The Balaban J connectivity index is 1.80. The average Bonchev–Trinajstić information content (AvgIpc) is 2.43. The van der Waals surface area contributed by atoms with Crippen LogP contribution in [0.25, 0.3) is 0 Å². The van der Waals surface area contributed by atoms with Gasteiger partial charge in [-0.3, -0.25) is 4.90 Å². The number of hydrogen-bond donors (Lipinski definition) is 0. The van der Waals surface area contributed by atoms with E-state index in [1.807, 2.05) is 6.20 Å². The summed E-state index contributed by atoms with van der Waals surface area (Å²) in [7, 11) is 0. The Morgan fingerprint density at radius 1 is 1.31 bits per heavy atom. The summed E-state index contributed by atoms with van der Waals surface area (Å²) in [5.74, 6) is 0. The molecule has 2 heterocycles. The van der Waals surface area contributed by atoms with Crippen LogP contribution in [0.15, 0.2) is 12.5 Å². The molecule has 13 heavy (non-hydrogen) atoms. The van der Waals surface area contributed by atoms with Crippen LogP contribution in [0.5, 0.6) is 0 Å². The first-order valence-corrected chi connectivity index (χ1v) is 4.95. The van der Waals surface area contributed by atoms with Gasteiger partial charge in [0.2, 0.25) is 0 Å². The highest BCUT2D eigenvalue weighted by Crippen LogP contribution is 2.31. The fraction of sp³-hybridized carbons (Fsp3) is 0.600. The number of nitrogens with zero attached hydrogens (tertiary/aromatic N) is 3. The van der Waals surface area contributed by atoms with Crippen LogP contribution in [0.3, 0.4) is 0 Å². The van der Waals surface area contributed by atoms with E-state index in [0.717, 1.165) is 19.1 Å². The SMILES string of the molecule is c1ncc2c(n1)CN(C1CCC1)C2. The van der Waals surface area contributed by atoms with Gasteiger partial charge in [0.1, 0.15) is 6.33 Å². The third-order valence-electron chi connectivity index (χ3n) is 3.20. The minimum atomic E-state index is 0.828. The van der Waals surface area contributed by atoms with E-state index in [4.69, 9.17) is 0 Å². The summed E-state index contributed by atoms with van der Waals surface area (Å²) in [5.41, 5.74) is 2.57. The van der Waals surface area contributed by atoms with Gasteiger partial charge in [0.25, 0.3) is 0 Å². The number of hydrogen-bond acceptors (Lipinski definition) is 3. The Kier molecular flexibility index (Phi) is 1.59. The standard InChI is InChI=1S/C10H13N3/c1-2-9(3-1)13-5-8-4-11-7-12-10(8)6-13/h4,7,9H,1-3,5-6H2. The highest BCUT2D eigenvalue weighted by molar-refractivity contribution is 5.20. The lowest BCUT2D eigenvalue weighted by molar-refractivity contribution is 0.126. The molecule has 2 aliphatic rings. The van der Waals surface area contributed by atoms with Gasteiger partial charge in [-0.15, -0.1) is 0 Å². The molecule has 0 saturated heterocycles. The summed E-state index contributed by atoms with van der Waals surface area (Å²) in [6, 6.07) is 0.828. The summed E-state index contributed by atoms with van der Waals surface area (Å²) in [6.07, 6.45) is 7.77. The third-order valence-corrected chi connectivity index (χ3v) is 3.20. The molecule has 0 bridgehead atoms. The van der Waals surface area contributed by atoms with Crippen LogP contribution >= 0.6 is 0 Å². The maximum absolute atomic E-state index is 4.30. The van der Waals surface area contributed by atoms with E-state index < -0.39 is 0 Å². The zero-order valence-electron chi connectivity index (χ0n) is 7.61. The van der Waals surface area contributed by atoms with Gasteiger partial charge in [-0.2, -0.15) is 0 Å². The number of fused-ring (bicyclic) bond motifs is 1. The molecule has 1 aromatic rings. The molecule has 1 aliphatic carbocycles. The largest absolute Gasteiger partial charge is 0.290 e. The highest BCUT2D eigenvalue weighted by Gasteiger charge is 2.30. The lowest BCUT2D eigenvalue weighted by atomic mass is 9.92. The lowest BCUT2D eigenvalue weighted by Gasteiger charge is -2.34. The second-order valence-corrected chi connectivity index (χ2v) is 3.98. The molecular formula is C10H13N3. The Morgan fingerprint density at radius 2 is 2.23 bits per heavy atom. The van der Waals surface area contributed by atoms with Crippen molar-refractivity contribution in [2.24, 2.45) is 0 Å². The average molecular weight is 175 g/mol. The molecule has 0 amide bonds. The summed E-state index contributed by atoms with van der Waals surface area (Å²) < 4.78 is 0. The lowest BCUT2D eigenvalue weighted by Crippen LogP contribution is -2.36. The Labute approximate surface area is 77.8 Å². The van der Waals surface area contributed by atoms with E-state index in [0.29, 0.717) is 0 Å². The monoisotopic (exact) mass is 175 g/mol. The fourth-order valence-corrected chi connectivity index (χ4v) is 2.14. The minimum Gasteiger partial charge on any atom is -0.290 e. The summed E-state index contributed by atoms with van der Waals surface area (Å²) >= 11 is 0. The van der Waals surface area contributed by atoms with Crippen molar-refractivity contribution in [3.63, 3.8) is 0 Å². The molecule has 0 spiro atoms. The molecule has 0 aromatic carbocycles. The van der Waals surface area contributed by atoms with Gasteiger partial charge in [0.05, 0.1) is 5.69 Å². The van der Waals surface area contributed by atoms with Crippen molar-refractivity contribution >= 4 is 0 Å². The third kappa shape index (κ3) is 1.15. The van der Waals surface area contributed by atoms with Crippen LogP contribution in [-0.2, 0) is 13.1 Å². The quantitative estimate of drug-likeness (QED) is 0.645. The molecule has 3 heteroatoms. The van der Waals surface area contributed by atoms with E-state index >= 15 is 0 Å². The van der Waals surface area contributed by atoms with Crippen molar-refractivity contribution in [3.8, 4) is 0 Å². The Morgan fingerprint density at radius 3 is 2.92 bits per heavy atom. The molecule has 1 aliphatic heterocycles. The molecule has 0 atom stereocenters. The summed E-state index contributed by atoms with van der Waals surface area (Å²) in [5, 5.41) is 0. The van der Waals surface area contributed by atoms with Gasteiger partial charge in [0, 0.05) is 30.9 Å². The molecule has 0 N–H and O–H groups in total. The van der Waals surface area contributed by atoms with Gasteiger partial charge in [-0.1, -0.05) is 6.42 Å². The van der Waals surface area contributed by atoms with Crippen molar-refractivity contribution in [1.29, 1.82) is 0 Å². The Hall–Kier alpha value is -0.960. The molecule has 1 fully saturated rings. The molecule has 1 aromatic heterocycles. The molecule has 3 rings (SSSR count). The van der Waals surface area contributed by atoms with Crippen molar-refractivity contribution in [2.75, 3.05) is 0 Å². The minimum absolute atomic E-state index is 0.828. The maximum Gasteiger partial charge on any atom is 0.115 e. The van der Waals surface area contributed by atoms with E-state index in [1.165, 1.54) is 30.5 Å². The summed E-state index contributed by atoms with van der Waals surface area (Å²) in [6.45, 7) is 2.11. The van der Waals surface area contributed by atoms with E-state index in [1.54, 1.807) is 6.33 Å². The molecular weight excluding hydrogens is 162 g/mol. The fourth-order valence-electron chi connectivity index (χ4n) is 2.14. The van der Waals surface area contributed by atoms with Crippen LogP contribution in [0.2, 0.25) is 0 Å². The van der Waals surface area contributed by atoms with Gasteiger partial charge < -0.3 is 0 Å². The predicted molar refractivity (Wildman–Crippen MR) is 48.9 cm³/mol.